The van der Waals surface area contributed by atoms with Crippen LogP contribution in [0.1, 0.15) is 48.7 Å². The molecule has 28 heavy (non-hydrogen) atoms. The average Bonchev–Trinajstić information content (AvgIpc) is 3.46. The number of rotatable bonds is 5. The fraction of sp³-hybridized carbons (Fsp3) is 0.389. The second kappa shape index (κ2) is 7.76. The summed E-state index contributed by atoms with van der Waals surface area (Å²) in [6.07, 6.45) is 6.08. The lowest BCUT2D eigenvalue weighted by molar-refractivity contribution is 0.439. The van der Waals surface area contributed by atoms with Gasteiger partial charge in [0.1, 0.15) is 5.01 Å². The van der Waals surface area contributed by atoms with Crippen molar-refractivity contribution < 1.29 is 4.42 Å². The Labute approximate surface area is 172 Å². The summed E-state index contributed by atoms with van der Waals surface area (Å²) in [5, 5.41) is 16.2. The Balaban J connectivity index is 1.34. The van der Waals surface area contributed by atoms with E-state index in [1.807, 2.05) is 17.5 Å². The lowest BCUT2D eigenvalue weighted by Crippen LogP contribution is -2.15. The fourth-order valence-electron chi connectivity index (χ4n) is 3.36. The quantitative estimate of drug-likeness (QED) is 0.427. The van der Waals surface area contributed by atoms with Gasteiger partial charge in [-0.3, -0.25) is 4.79 Å². The van der Waals surface area contributed by atoms with Crippen LogP contribution in [0.5, 0.6) is 0 Å². The molecule has 144 valence electrons. The molecule has 10 heteroatoms. The number of fused-ring (bicyclic) bond motifs is 1. The highest BCUT2D eigenvalue weighted by Crippen LogP contribution is 2.34. The van der Waals surface area contributed by atoms with Crippen LogP contribution >= 0.6 is 34.4 Å². The van der Waals surface area contributed by atoms with Crippen LogP contribution in [0.4, 0.5) is 0 Å². The van der Waals surface area contributed by atoms with Crippen molar-refractivity contribution in [3.8, 4) is 10.8 Å². The highest BCUT2D eigenvalue weighted by molar-refractivity contribution is 7.98. The minimum absolute atomic E-state index is 0.135. The molecule has 0 radical (unpaired) electrons. The minimum Gasteiger partial charge on any atom is -0.410 e. The maximum atomic E-state index is 12.5. The fourth-order valence-corrected chi connectivity index (χ4v) is 5.76. The van der Waals surface area contributed by atoms with Gasteiger partial charge >= 0.3 is 0 Å². The third-order valence-electron chi connectivity index (χ3n) is 4.75. The molecule has 4 heterocycles. The van der Waals surface area contributed by atoms with Crippen molar-refractivity contribution in [2.45, 2.75) is 49.0 Å². The van der Waals surface area contributed by atoms with E-state index in [4.69, 9.17) is 4.42 Å². The van der Waals surface area contributed by atoms with Gasteiger partial charge in [-0.1, -0.05) is 48.4 Å². The van der Waals surface area contributed by atoms with Gasteiger partial charge in [0.2, 0.25) is 4.96 Å². The molecular weight excluding hydrogens is 414 g/mol. The van der Waals surface area contributed by atoms with Gasteiger partial charge in [0.15, 0.2) is 0 Å². The number of aromatic nitrogens is 5. The van der Waals surface area contributed by atoms with E-state index in [-0.39, 0.29) is 5.56 Å². The van der Waals surface area contributed by atoms with Gasteiger partial charge in [-0.25, -0.2) is 4.98 Å². The minimum atomic E-state index is -0.135. The molecule has 0 spiro atoms. The predicted octanol–water partition coefficient (Wildman–Crippen LogP) is 4.60. The van der Waals surface area contributed by atoms with Crippen LogP contribution in [-0.4, -0.2) is 24.8 Å². The zero-order chi connectivity index (χ0) is 18.9. The summed E-state index contributed by atoms with van der Waals surface area (Å²) < 4.78 is 7.12. The summed E-state index contributed by atoms with van der Waals surface area (Å²) in [4.78, 5) is 18.7. The van der Waals surface area contributed by atoms with Gasteiger partial charge in [-0.05, 0) is 24.3 Å². The molecular formula is C18H17N5O2S3. The zero-order valence-corrected chi connectivity index (χ0v) is 17.4. The largest absolute Gasteiger partial charge is 0.410 e. The van der Waals surface area contributed by atoms with Crippen LogP contribution in [0.2, 0.25) is 0 Å². The van der Waals surface area contributed by atoms with Crippen LogP contribution in [-0.2, 0) is 5.75 Å². The van der Waals surface area contributed by atoms with Crippen molar-refractivity contribution in [2.75, 3.05) is 0 Å². The summed E-state index contributed by atoms with van der Waals surface area (Å²) >= 11 is 4.47. The standard InChI is InChI=1S/C18H17N5O2S3/c24-14-9-12(10-27-18-21-20-15(25-18)13-7-4-8-26-13)19-17-23(14)22-16(28-17)11-5-2-1-3-6-11/h4,7-9,11H,1-3,5-6,10H2. The Hall–Kier alpha value is -2.04. The molecule has 0 unspecified atom stereocenters. The van der Waals surface area contributed by atoms with Crippen molar-refractivity contribution in [1.29, 1.82) is 0 Å². The number of hydrogen-bond donors (Lipinski definition) is 0. The van der Waals surface area contributed by atoms with Crippen LogP contribution < -0.4 is 5.56 Å². The molecule has 4 aromatic rings. The zero-order valence-electron chi connectivity index (χ0n) is 14.9. The summed E-state index contributed by atoms with van der Waals surface area (Å²) in [5.41, 5.74) is 0.563. The molecule has 0 bridgehead atoms. The highest BCUT2D eigenvalue weighted by atomic mass is 32.2. The molecule has 1 saturated carbocycles. The van der Waals surface area contributed by atoms with Crippen LogP contribution in [0, 0.1) is 0 Å². The molecule has 0 aromatic carbocycles. The normalized spacial score (nSPS) is 15.4. The molecule has 0 aliphatic heterocycles. The van der Waals surface area contributed by atoms with Crippen LogP contribution in [0.25, 0.3) is 15.7 Å². The van der Waals surface area contributed by atoms with Crippen molar-refractivity contribution in [1.82, 2.24) is 24.8 Å². The SMILES string of the molecule is O=c1cc(CSc2nnc(-c3cccs3)o2)nc2sc(C3CCCCC3)nn12. The van der Waals surface area contributed by atoms with Gasteiger partial charge < -0.3 is 4.42 Å². The molecule has 0 saturated heterocycles. The average molecular weight is 432 g/mol. The molecule has 7 nitrogen and oxygen atoms in total. The lowest BCUT2D eigenvalue weighted by atomic mass is 9.90. The number of hydrogen-bond acceptors (Lipinski definition) is 9. The van der Waals surface area contributed by atoms with Gasteiger partial charge in [0, 0.05) is 17.7 Å². The Kier molecular flexibility index (Phi) is 5.00. The maximum absolute atomic E-state index is 12.5. The first kappa shape index (κ1) is 18.0. The number of nitrogens with zero attached hydrogens (tertiary/aromatic N) is 5. The van der Waals surface area contributed by atoms with Gasteiger partial charge in [0.25, 0.3) is 16.7 Å². The van der Waals surface area contributed by atoms with E-state index >= 15 is 0 Å². The molecule has 0 N–H and O–H groups in total. The third kappa shape index (κ3) is 3.63. The van der Waals surface area contributed by atoms with Gasteiger partial charge in [0.05, 0.1) is 10.6 Å². The van der Waals surface area contributed by atoms with Gasteiger partial charge in [-0.2, -0.15) is 9.61 Å². The molecule has 4 aromatic heterocycles. The molecule has 1 aliphatic rings. The highest BCUT2D eigenvalue weighted by Gasteiger charge is 2.21. The van der Waals surface area contributed by atoms with E-state index < -0.39 is 0 Å². The monoisotopic (exact) mass is 431 g/mol. The number of thioether (sulfide) groups is 1. The molecule has 5 rings (SSSR count). The molecule has 0 atom stereocenters. The van der Waals surface area contributed by atoms with Crippen molar-refractivity contribution in [3.05, 3.63) is 44.6 Å². The Morgan fingerprint density at radius 2 is 2.14 bits per heavy atom. The van der Waals surface area contributed by atoms with E-state index in [0.717, 1.165) is 22.7 Å². The Bertz CT molecular complexity index is 1140. The van der Waals surface area contributed by atoms with Gasteiger partial charge in [-0.15, -0.1) is 21.5 Å². The predicted molar refractivity (Wildman–Crippen MR) is 110 cm³/mol. The smallest absolute Gasteiger partial charge is 0.277 e. The third-order valence-corrected chi connectivity index (χ3v) is 7.53. The Morgan fingerprint density at radius 3 is 2.96 bits per heavy atom. The molecule has 0 amide bonds. The second-order valence-corrected chi connectivity index (χ2v) is 9.56. The first-order valence-corrected chi connectivity index (χ1v) is 11.8. The van der Waals surface area contributed by atoms with E-state index in [9.17, 15) is 4.79 Å². The van der Waals surface area contributed by atoms with E-state index in [0.29, 0.717) is 33.4 Å². The summed E-state index contributed by atoms with van der Waals surface area (Å²) in [5.74, 6) is 1.47. The Morgan fingerprint density at radius 1 is 1.25 bits per heavy atom. The first-order chi connectivity index (χ1) is 13.8. The lowest BCUT2D eigenvalue weighted by Gasteiger charge is -2.18. The number of thiophene rings is 1. The maximum Gasteiger partial charge on any atom is 0.277 e. The first-order valence-electron chi connectivity index (χ1n) is 9.16. The van der Waals surface area contributed by atoms with E-state index in [1.54, 1.807) is 17.4 Å². The topological polar surface area (TPSA) is 86.2 Å². The van der Waals surface area contributed by atoms with Crippen molar-refractivity contribution in [2.24, 2.45) is 0 Å². The summed E-state index contributed by atoms with van der Waals surface area (Å²) in [6.45, 7) is 0. The summed E-state index contributed by atoms with van der Waals surface area (Å²) in [6, 6.07) is 5.43. The van der Waals surface area contributed by atoms with Crippen LogP contribution in [0.15, 0.2) is 38.0 Å². The van der Waals surface area contributed by atoms with E-state index in [1.165, 1.54) is 46.9 Å². The van der Waals surface area contributed by atoms with Crippen LogP contribution in [0.3, 0.4) is 0 Å². The van der Waals surface area contributed by atoms with E-state index in [2.05, 4.69) is 20.3 Å². The second-order valence-electron chi connectivity index (χ2n) is 6.69. The molecule has 1 aliphatic carbocycles. The summed E-state index contributed by atoms with van der Waals surface area (Å²) in [7, 11) is 0. The van der Waals surface area contributed by atoms with Crippen molar-refractivity contribution in [3.63, 3.8) is 0 Å². The molecule has 1 fully saturated rings. The van der Waals surface area contributed by atoms with Crippen molar-refractivity contribution >= 4 is 39.4 Å².